The quantitative estimate of drug-likeness (QED) is 0.610. The molecule has 8 heteroatoms. The zero-order valence-electron chi connectivity index (χ0n) is 15.9. The maximum Gasteiger partial charge on any atom is 0.330 e. The molecule has 8 nitrogen and oxygen atoms in total. The van der Waals surface area contributed by atoms with E-state index in [2.05, 4.69) is 15.4 Å². The van der Waals surface area contributed by atoms with Crippen molar-refractivity contribution in [2.45, 2.75) is 26.5 Å². The number of amides is 1. The average molecular weight is 379 g/mol. The van der Waals surface area contributed by atoms with Crippen LogP contribution in [0.15, 0.2) is 54.6 Å². The summed E-state index contributed by atoms with van der Waals surface area (Å²) in [5.74, 6) is -0.526. The monoisotopic (exact) mass is 379 g/mol. The fourth-order valence-corrected chi connectivity index (χ4v) is 2.58. The molecule has 3 rings (SSSR count). The van der Waals surface area contributed by atoms with Crippen molar-refractivity contribution < 1.29 is 14.3 Å². The number of likely N-dealkylation sites (N-methyl/N-ethyl adjacent to an activating group) is 1. The van der Waals surface area contributed by atoms with Crippen LogP contribution in [0.25, 0.3) is 11.4 Å². The highest BCUT2D eigenvalue weighted by Crippen LogP contribution is 2.15. The smallest absolute Gasteiger partial charge is 0.330 e. The van der Waals surface area contributed by atoms with Gasteiger partial charge >= 0.3 is 5.97 Å². The summed E-state index contributed by atoms with van der Waals surface area (Å²) in [6.45, 7) is 3.29. The first-order chi connectivity index (χ1) is 13.4. The van der Waals surface area contributed by atoms with Gasteiger partial charge in [0, 0.05) is 18.3 Å². The lowest BCUT2D eigenvalue weighted by Crippen LogP contribution is -2.38. The summed E-state index contributed by atoms with van der Waals surface area (Å²) < 4.78 is 5.23. The second-order valence-corrected chi connectivity index (χ2v) is 6.37. The lowest BCUT2D eigenvalue weighted by Gasteiger charge is -2.21. The first-order valence-corrected chi connectivity index (χ1v) is 8.81. The van der Waals surface area contributed by atoms with Crippen LogP contribution in [0, 0.1) is 6.92 Å². The van der Waals surface area contributed by atoms with E-state index in [0.717, 1.165) is 21.6 Å². The Hall–Kier alpha value is -3.55. The molecule has 144 valence electrons. The van der Waals surface area contributed by atoms with Gasteiger partial charge in [-0.15, -0.1) is 10.2 Å². The van der Waals surface area contributed by atoms with Crippen LogP contribution in [-0.2, 0) is 20.9 Å². The van der Waals surface area contributed by atoms with Gasteiger partial charge in [0.05, 0.1) is 0 Å². The molecule has 1 amide bonds. The van der Waals surface area contributed by atoms with Crippen molar-refractivity contribution in [3.05, 3.63) is 60.2 Å². The van der Waals surface area contributed by atoms with Crippen LogP contribution < -0.4 is 4.90 Å². The van der Waals surface area contributed by atoms with E-state index in [1.165, 1.54) is 11.8 Å². The molecule has 0 aliphatic heterocycles. The number of aromatic nitrogens is 4. The molecule has 1 aromatic heterocycles. The Bertz CT molecular complexity index is 953. The van der Waals surface area contributed by atoms with Crippen molar-refractivity contribution in [2.24, 2.45) is 0 Å². The summed E-state index contributed by atoms with van der Waals surface area (Å²) in [5, 5.41) is 12.0. The standard InChI is InChI=1S/C20H21N5O3/c1-14-9-11-16(12-10-14)19-21-23-25(22-19)13-18(26)28-15(2)20(27)24(3)17-7-5-4-6-8-17/h4-12,15H,13H2,1-3H3. The Morgan fingerprint density at radius 1 is 1.11 bits per heavy atom. The van der Waals surface area contributed by atoms with Crippen molar-refractivity contribution in [2.75, 3.05) is 11.9 Å². The minimum Gasteiger partial charge on any atom is -0.451 e. The Morgan fingerprint density at radius 2 is 1.79 bits per heavy atom. The predicted molar refractivity (Wildman–Crippen MR) is 103 cm³/mol. The van der Waals surface area contributed by atoms with Gasteiger partial charge < -0.3 is 9.64 Å². The molecule has 0 saturated carbocycles. The van der Waals surface area contributed by atoms with Crippen LogP contribution in [-0.4, -0.2) is 45.2 Å². The van der Waals surface area contributed by atoms with E-state index < -0.39 is 12.1 Å². The number of ether oxygens (including phenoxy) is 1. The molecule has 0 fully saturated rings. The fraction of sp³-hybridized carbons (Fsp3) is 0.250. The van der Waals surface area contributed by atoms with Crippen LogP contribution in [0.4, 0.5) is 5.69 Å². The molecule has 3 aromatic rings. The molecular formula is C20H21N5O3. The van der Waals surface area contributed by atoms with Crippen molar-refractivity contribution in [3.8, 4) is 11.4 Å². The molecule has 0 saturated heterocycles. The predicted octanol–water partition coefficient (Wildman–Crippen LogP) is 2.24. The summed E-state index contributed by atoms with van der Waals surface area (Å²) >= 11 is 0. The molecule has 1 atom stereocenters. The number of para-hydroxylation sites is 1. The molecular weight excluding hydrogens is 358 g/mol. The van der Waals surface area contributed by atoms with Gasteiger partial charge in [-0.25, -0.2) is 4.79 Å². The second kappa shape index (κ2) is 8.43. The van der Waals surface area contributed by atoms with Gasteiger partial charge in [-0.05, 0) is 31.2 Å². The third-order valence-electron chi connectivity index (χ3n) is 4.16. The number of hydrogen-bond acceptors (Lipinski definition) is 6. The number of nitrogens with zero attached hydrogens (tertiary/aromatic N) is 5. The third kappa shape index (κ3) is 4.59. The fourth-order valence-electron chi connectivity index (χ4n) is 2.58. The first kappa shape index (κ1) is 19.2. The zero-order valence-corrected chi connectivity index (χ0v) is 15.9. The molecule has 2 aromatic carbocycles. The Labute approximate surface area is 162 Å². The minimum atomic E-state index is -0.933. The van der Waals surface area contributed by atoms with Gasteiger partial charge in [-0.2, -0.15) is 4.80 Å². The van der Waals surface area contributed by atoms with Crippen LogP contribution in [0.1, 0.15) is 12.5 Å². The lowest BCUT2D eigenvalue weighted by atomic mass is 10.1. The number of benzene rings is 2. The number of aryl methyl sites for hydroxylation is 1. The SMILES string of the molecule is Cc1ccc(-c2nnn(CC(=O)OC(C)C(=O)N(C)c3ccccc3)n2)cc1. The summed E-state index contributed by atoms with van der Waals surface area (Å²) in [5.41, 5.74) is 2.65. The van der Waals surface area contributed by atoms with E-state index in [9.17, 15) is 9.59 Å². The van der Waals surface area contributed by atoms with E-state index >= 15 is 0 Å². The number of carbonyl (C=O) groups is 2. The number of rotatable bonds is 6. The van der Waals surface area contributed by atoms with Crippen molar-refractivity contribution >= 4 is 17.6 Å². The first-order valence-electron chi connectivity index (χ1n) is 8.81. The summed E-state index contributed by atoms with van der Waals surface area (Å²) in [6.07, 6.45) is -0.933. The van der Waals surface area contributed by atoms with E-state index in [4.69, 9.17) is 4.74 Å². The van der Waals surface area contributed by atoms with Crippen molar-refractivity contribution in [1.29, 1.82) is 0 Å². The molecule has 0 spiro atoms. The van der Waals surface area contributed by atoms with Gasteiger partial charge in [0.2, 0.25) is 5.82 Å². The normalized spacial score (nSPS) is 11.7. The lowest BCUT2D eigenvalue weighted by molar-refractivity contribution is -0.154. The average Bonchev–Trinajstić information content (AvgIpc) is 3.16. The van der Waals surface area contributed by atoms with E-state index in [1.807, 2.05) is 49.4 Å². The highest BCUT2D eigenvalue weighted by Gasteiger charge is 2.23. The number of esters is 1. The maximum absolute atomic E-state index is 12.4. The molecule has 1 unspecified atom stereocenters. The topological polar surface area (TPSA) is 90.2 Å². The second-order valence-electron chi connectivity index (χ2n) is 6.37. The van der Waals surface area contributed by atoms with Crippen LogP contribution in [0.2, 0.25) is 0 Å². The molecule has 1 heterocycles. The number of anilines is 1. The molecule has 0 radical (unpaired) electrons. The van der Waals surface area contributed by atoms with E-state index in [1.54, 1.807) is 19.2 Å². The molecule has 0 aliphatic rings. The molecule has 0 N–H and O–H groups in total. The molecule has 0 aliphatic carbocycles. The highest BCUT2D eigenvalue weighted by atomic mass is 16.5. The van der Waals surface area contributed by atoms with Gasteiger partial charge in [-0.1, -0.05) is 48.0 Å². The van der Waals surface area contributed by atoms with Gasteiger partial charge in [0.1, 0.15) is 0 Å². The van der Waals surface area contributed by atoms with Crippen molar-refractivity contribution in [1.82, 2.24) is 20.2 Å². The van der Waals surface area contributed by atoms with Crippen LogP contribution in [0.5, 0.6) is 0 Å². The molecule has 0 bridgehead atoms. The summed E-state index contributed by atoms with van der Waals surface area (Å²) in [6, 6.07) is 16.8. The summed E-state index contributed by atoms with van der Waals surface area (Å²) in [7, 11) is 1.63. The largest absolute Gasteiger partial charge is 0.451 e. The summed E-state index contributed by atoms with van der Waals surface area (Å²) in [4.78, 5) is 27.2. The van der Waals surface area contributed by atoms with Crippen LogP contribution in [0.3, 0.4) is 0 Å². The van der Waals surface area contributed by atoms with Gasteiger partial charge in [0.25, 0.3) is 5.91 Å². The minimum absolute atomic E-state index is 0.231. The van der Waals surface area contributed by atoms with Crippen molar-refractivity contribution in [3.63, 3.8) is 0 Å². The van der Waals surface area contributed by atoms with E-state index in [-0.39, 0.29) is 12.5 Å². The zero-order chi connectivity index (χ0) is 20.1. The Kier molecular flexibility index (Phi) is 5.78. The molecule has 28 heavy (non-hydrogen) atoms. The van der Waals surface area contributed by atoms with Gasteiger partial charge in [0.15, 0.2) is 12.6 Å². The van der Waals surface area contributed by atoms with Crippen LogP contribution >= 0.6 is 0 Å². The number of hydrogen-bond donors (Lipinski definition) is 0. The third-order valence-corrected chi connectivity index (χ3v) is 4.16. The van der Waals surface area contributed by atoms with Gasteiger partial charge in [-0.3, -0.25) is 4.79 Å². The Balaban J connectivity index is 1.58. The Morgan fingerprint density at radius 3 is 2.46 bits per heavy atom. The highest BCUT2D eigenvalue weighted by molar-refractivity contribution is 5.96. The maximum atomic E-state index is 12.4. The number of tetrazole rings is 1. The number of carbonyl (C=O) groups excluding carboxylic acids is 2. The van der Waals surface area contributed by atoms with E-state index in [0.29, 0.717) is 5.82 Å².